The molecule has 1 aliphatic heterocycles. The normalized spacial score (nSPS) is 18.0. The second kappa shape index (κ2) is 7.31. The highest BCUT2D eigenvalue weighted by atomic mass is 32.2. The molecule has 1 aromatic carbocycles. The molecule has 0 saturated carbocycles. The molecule has 7 heteroatoms. The molecule has 0 aromatic heterocycles. The van der Waals surface area contributed by atoms with Crippen molar-refractivity contribution in [2.75, 3.05) is 24.7 Å². The molecule has 0 bridgehead atoms. The lowest BCUT2D eigenvalue weighted by Crippen LogP contribution is -2.32. The van der Waals surface area contributed by atoms with Gasteiger partial charge in [-0.1, -0.05) is 6.42 Å². The Morgan fingerprint density at radius 2 is 2.29 bits per heavy atom. The van der Waals surface area contributed by atoms with Gasteiger partial charge in [-0.15, -0.1) is 0 Å². The van der Waals surface area contributed by atoms with Crippen molar-refractivity contribution < 1.29 is 9.72 Å². The van der Waals surface area contributed by atoms with Crippen molar-refractivity contribution in [2.24, 2.45) is 0 Å². The number of rotatable bonds is 5. The van der Waals surface area contributed by atoms with Crippen molar-refractivity contribution in [3.8, 4) is 0 Å². The Labute approximate surface area is 127 Å². The van der Waals surface area contributed by atoms with Crippen molar-refractivity contribution >= 4 is 29.0 Å². The van der Waals surface area contributed by atoms with Crippen LogP contribution < -0.4 is 10.6 Å². The van der Waals surface area contributed by atoms with Gasteiger partial charge in [0.05, 0.1) is 10.5 Å². The van der Waals surface area contributed by atoms with Crippen LogP contribution >= 0.6 is 11.8 Å². The van der Waals surface area contributed by atoms with Crippen LogP contribution in [0.2, 0.25) is 0 Å². The van der Waals surface area contributed by atoms with Gasteiger partial charge in [0.25, 0.3) is 11.6 Å². The number of nitro groups is 1. The van der Waals surface area contributed by atoms with Crippen LogP contribution in [0.25, 0.3) is 0 Å². The van der Waals surface area contributed by atoms with E-state index in [1.165, 1.54) is 25.0 Å². The summed E-state index contributed by atoms with van der Waals surface area (Å²) in [6.07, 6.45) is 3.55. The Morgan fingerprint density at radius 1 is 1.48 bits per heavy atom. The van der Waals surface area contributed by atoms with Gasteiger partial charge in [0, 0.05) is 36.7 Å². The molecule has 0 spiro atoms. The number of benzene rings is 1. The highest BCUT2D eigenvalue weighted by Gasteiger charge is 2.19. The number of carbonyl (C=O) groups excluding carboxylic acids is 1. The highest BCUT2D eigenvalue weighted by molar-refractivity contribution is 7.99. The lowest BCUT2D eigenvalue weighted by molar-refractivity contribution is -0.384. The summed E-state index contributed by atoms with van der Waals surface area (Å²) in [4.78, 5) is 22.6. The lowest BCUT2D eigenvalue weighted by atomic mass is 10.1. The maximum atomic E-state index is 12.3. The molecule has 1 amide bonds. The molecule has 114 valence electrons. The third kappa shape index (κ3) is 4.10. The number of nitrogens with zero attached hydrogens (tertiary/aromatic N) is 1. The number of nitro benzene ring substituents is 1. The maximum absolute atomic E-state index is 12.3. The van der Waals surface area contributed by atoms with E-state index >= 15 is 0 Å². The summed E-state index contributed by atoms with van der Waals surface area (Å²) in [6, 6.07) is 4.26. The maximum Gasteiger partial charge on any atom is 0.270 e. The molecule has 1 fully saturated rings. The molecule has 1 unspecified atom stereocenters. The number of non-ortho nitro benzene ring substituents is 1. The first kappa shape index (κ1) is 15.6. The van der Waals surface area contributed by atoms with Gasteiger partial charge in [0.2, 0.25) is 0 Å². The minimum atomic E-state index is -0.493. The van der Waals surface area contributed by atoms with E-state index in [-0.39, 0.29) is 11.6 Å². The number of thioether (sulfide) groups is 1. The fourth-order valence-corrected chi connectivity index (χ4v) is 3.56. The number of carbonyl (C=O) groups is 1. The number of anilines is 1. The van der Waals surface area contributed by atoms with E-state index in [9.17, 15) is 14.9 Å². The summed E-state index contributed by atoms with van der Waals surface area (Å²) in [5.41, 5.74) is 0.827. The van der Waals surface area contributed by atoms with Gasteiger partial charge >= 0.3 is 0 Å². The van der Waals surface area contributed by atoms with Crippen LogP contribution in [0.1, 0.15) is 29.6 Å². The summed E-state index contributed by atoms with van der Waals surface area (Å²) >= 11 is 1.88. The number of amides is 1. The van der Waals surface area contributed by atoms with E-state index < -0.39 is 4.92 Å². The molecule has 1 atom stereocenters. The van der Waals surface area contributed by atoms with Crippen molar-refractivity contribution in [3.63, 3.8) is 0 Å². The van der Waals surface area contributed by atoms with Crippen molar-refractivity contribution in [1.82, 2.24) is 5.32 Å². The Kier molecular flexibility index (Phi) is 5.44. The highest BCUT2D eigenvalue weighted by Crippen LogP contribution is 2.25. The Balaban J connectivity index is 2.06. The molecule has 6 nitrogen and oxygen atoms in total. The zero-order valence-corrected chi connectivity index (χ0v) is 12.7. The molecular formula is C14H19N3O3S. The average Bonchev–Trinajstić information content (AvgIpc) is 2.52. The Hall–Kier alpha value is -1.76. The van der Waals surface area contributed by atoms with E-state index in [0.29, 0.717) is 23.0 Å². The molecule has 1 aromatic rings. The zero-order chi connectivity index (χ0) is 15.2. The lowest BCUT2D eigenvalue weighted by Gasteiger charge is -2.21. The molecule has 2 rings (SSSR count). The number of hydrogen-bond acceptors (Lipinski definition) is 5. The summed E-state index contributed by atoms with van der Waals surface area (Å²) in [5.74, 6) is 0.869. The average molecular weight is 309 g/mol. The van der Waals surface area contributed by atoms with Gasteiger partial charge < -0.3 is 10.6 Å². The third-order valence-corrected chi connectivity index (χ3v) is 4.89. The van der Waals surface area contributed by atoms with E-state index in [0.717, 1.165) is 12.2 Å². The van der Waals surface area contributed by atoms with Crippen LogP contribution in [0.15, 0.2) is 18.2 Å². The fraction of sp³-hybridized carbons (Fsp3) is 0.500. The minimum absolute atomic E-state index is 0.0776. The first-order chi connectivity index (χ1) is 10.1. The van der Waals surface area contributed by atoms with Gasteiger partial charge in [-0.2, -0.15) is 11.8 Å². The summed E-state index contributed by atoms with van der Waals surface area (Å²) < 4.78 is 0. The van der Waals surface area contributed by atoms with Crippen LogP contribution in [0.5, 0.6) is 0 Å². The molecular weight excluding hydrogens is 290 g/mol. The van der Waals surface area contributed by atoms with Gasteiger partial charge in [0.15, 0.2) is 0 Å². The largest absolute Gasteiger partial charge is 0.387 e. The second-order valence-corrected chi connectivity index (χ2v) is 6.34. The van der Waals surface area contributed by atoms with E-state index in [1.807, 2.05) is 11.8 Å². The Bertz CT molecular complexity index is 530. The van der Waals surface area contributed by atoms with E-state index in [2.05, 4.69) is 10.6 Å². The number of nitrogens with one attached hydrogen (secondary N) is 2. The van der Waals surface area contributed by atoms with Crippen molar-refractivity contribution in [3.05, 3.63) is 33.9 Å². The summed E-state index contributed by atoms with van der Waals surface area (Å²) in [7, 11) is 1.69. The monoisotopic (exact) mass is 309 g/mol. The fourth-order valence-electron chi connectivity index (χ4n) is 2.32. The van der Waals surface area contributed by atoms with Crippen LogP contribution in [-0.2, 0) is 0 Å². The van der Waals surface area contributed by atoms with Crippen LogP contribution in [0.4, 0.5) is 11.4 Å². The smallest absolute Gasteiger partial charge is 0.270 e. The van der Waals surface area contributed by atoms with Crippen LogP contribution in [0, 0.1) is 10.1 Å². The van der Waals surface area contributed by atoms with E-state index in [4.69, 9.17) is 0 Å². The zero-order valence-electron chi connectivity index (χ0n) is 11.9. The SMILES string of the molecule is CNc1ccc([N+](=O)[O-])cc1C(=O)NCC1CCCCS1. The predicted octanol–water partition coefficient (Wildman–Crippen LogP) is 2.65. The van der Waals surface area contributed by atoms with Crippen molar-refractivity contribution in [2.45, 2.75) is 24.5 Å². The van der Waals surface area contributed by atoms with Crippen LogP contribution in [-0.4, -0.2) is 35.4 Å². The summed E-state index contributed by atoms with van der Waals surface area (Å²) in [6.45, 7) is 0.606. The molecule has 1 saturated heterocycles. The van der Waals surface area contributed by atoms with Gasteiger partial charge in [-0.05, 0) is 24.7 Å². The molecule has 21 heavy (non-hydrogen) atoms. The molecule has 1 aliphatic rings. The first-order valence-corrected chi connectivity index (χ1v) is 8.02. The standard InChI is InChI=1S/C14H19N3O3S/c1-15-13-6-5-10(17(19)20)8-12(13)14(18)16-9-11-4-2-3-7-21-11/h5-6,8,11,15H,2-4,7,9H2,1H3,(H,16,18). The predicted molar refractivity (Wildman–Crippen MR) is 85.1 cm³/mol. The quantitative estimate of drug-likeness (QED) is 0.645. The Morgan fingerprint density at radius 3 is 2.90 bits per heavy atom. The van der Waals surface area contributed by atoms with Crippen molar-refractivity contribution in [1.29, 1.82) is 0 Å². The van der Waals surface area contributed by atoms with Gasteiger partial charge in [-0.3, -0.25) is 14.9 Å². The molecule has 0 radical (unpaired) electrons. The van der Waals surface area contributed by atoms with Gasteiger partial charge in [-0.25, -0.2) is 0 Å². The molecule has 0 aliphatic carbocycles. The van der Waals surface area contributed by atoms with Crippen LogP contribution in [0.3, 0.4) is 0 Å². The number of hydrogen-bond donors (Lipinski definition) is 2. The first-order valence-electron chi connectivity index (χ1n) is 6.98. The van der Waals surface area contributed by atoms with Gasteiger partial charge in [0.1, 0.15) is 0 Å². The summed E-state index contributed by atoms with van der Waals surface area (Å²) in [5, 5.41) is 17.1. The third-order valence-electron chi connectivity index (χ3n) is 3.49. The topological polar surface area (TPSA) is 84.3 Å². The molecule has 2 N–H and O–H groups in total. The van der Waals surface area contributed by atoms with E-state index in [1.54, 1.807) is 13.1 Å². The minimum Gasteiger partial charge on any atom is -0.387 e. The second-order valence-electron chi connectivity index (χ2n) is 4.94. The molecule has 1 heterocycles.